The number of ether oxygens (including phenoxy) is 1. The van der Waals surface area contributed by atoms with E-state index in [4.69, 9.17) is 4.74 Å². The second-order valence-electron chi connectivity index (χ2n) is 7.59. The highest BCUT2D eigenvalue weighted by Crippen LogP contribution is 2.26. The summed E-state index contributed by atoms with van der Waals surface area (Å²) in [6.45, 7) is 6.60. The fourth-order valence-corrected chi connectivity index (χ4v) is 3.79. The first-order chi connectivity index (χ1) is 14.5. The molecular formula is C23H25N3O4. The van der Waals surface area contributed by atoms with Gasteiger partial charge in [0.25, 0.3) is 17.7 Å². The van der Waals surface area contributed by atoms with E-state index in [2.05, 4.69) is 10.2 Å². The van der Waals surface area contributed by atoms with Crippen LogP contribution in [0.5, 0.6) is 0 Å². The van der Waals surface area contributed by atoms with Crippen molar-refractivity contribution in [2.45, 2.75) is 13.5 Å². The van der Waals surface area contributed by atoms with Crippen molar-refractivity contribution in [1.29, 1.82) is 0 Å². The number of carbonyl (C=O) groups is 3. The maximum Gasteiger partial charge on any atom is 0.261 e. The number of benzene rings is 2. The van der Waals surface area contributed by atoms with Crippen LogP contribution in [0, 0.1) is 6.92 Å². The van der Waals surface area contributed by atoms with Gasteiger partial charge in [-0.1, -0.05) is 24.3 Å². The minimum Gasteiger partial charge on any atom is -0.379 e. The molecule has 1 saturated heterocycles. The van der Waals surface area contributed by atoms with Crippen molar-refractivity contribution in [3.8, 4) is 0 Å². The average molecular weight is 407 g/mol. The van der Waals surface area contributed by atoms with Crippen molar-refractivity contribution in [2.24, 2.45) is 0 Å². The summed E-state index contributed by atoms with van der Waals surface area (Å²) in [5, 5.41) is 2.89. The van der Waals surface area contributed by atoms with Gasteiger partial charge in [-0.3, -0.25) is 24.2 Å². The van der Waals surface area contributed by atoms with Gasteiger partial charge in [0.1, 0.15) is 0 Å². The average Bonchev–Trinajstić information content (AvgIpc) is 3.00. The Hall–Kier alpha value is -3.03. The molecule has 2 heterocycles. The maximum absolute atomic E-state index is 12.9. The summed E-state index contributed by atoms with van der Waals surface area (Å²) < 4.78 is 5.32. The number of nitrogens with one attached hydrogen (secondary N) is 1. The highest BCUT2D eigenvalue weighted by atomic mass is 16.5. The molecule has 3 amide bonds. The Labute approximate surface area is 175 Å². The minimum absolute atomic E-state index is 0.222. The SMILES string of the molecule is Cc1ccccc1CN1C(=O)c2ccc(C(=O)NCCN3CCOCC3)cc2C1=O. The van der Waals surface area contributed by atoms with Crippen molar-refractivity contribution in [3.05, 3.63) is 70.3 Å². The smallest absolute Gasteiger partial charge is 0.261 e. The molecule has 0 radical (unpaired) electrons. The number of hydrogen-bond acceptors (Lipinski definition) is 5. The number of nitrogens with zero attached hydrogens (tertiary/aromatic N) is 2. The molecule has 156 valence electrons. The molecule has 0 aliphatic carbocycles. The molecule has 2 aliphatic rings. The zero-order valence-electron chi connectivity index (χ0n) is 17.0. The second kappa shape index (κ2) is 8.77. The van der Waals surface area contributed by atoms with E-state index in [-0.39, 0.29) is 29.8 Å². The highest BCUT2D eigenvalue weighted by molar-refractivity contribution is 6.22. The Kier molecular flexibility index (Phi) is 5.92. The number of imide groups is 1. The number of fused-ring (bicyclic) bond motifs is 1. The summed E-state index contributed by atoms with van der Waals surface area (Å²) in [4.78, 5) is 41.6. The van der Waals surface area contributed by atoms with Gasteiger partial charge in [0.2, 0.25) is 0 Å². The number of aryl methyl sites for hydroxylation is 1. The Morgan fingerprint density at radius 1 is 1.03 bits per heavy atom. The summed E-state index contributed by atoms with van der Waals surface area (Å²) >= 11 is 0. The molecule has 4 rings (SSSR count). The lowest BCUT2D eigenvalue weighted by Crippen LogP contribution is -2.41. The Morgan fingerprint density at radius 3 is 2.53 bits per heavy atom. The first-order valence-electron chi connectivity index (χ1n) is 10.2. The van der Waals surface area contributed by atoms with Crippen molar-refractivity contribution in [1.82, 2.24) is 15.1 Å². The topological polar surface area (TPSA) is 79.0 Å². The molecular weight excluding hydrogens is 382 g/mol. The van der Waals surface area contributed by atoms with Crippen LogP contribution < -0.4 is 5.32 Å². The van der Waals surface area contributed by atoms with Crippen LogP contribution in [-0.4, -0.2) is 66.9 Å². The van der Waals surface area contributed by atoms with Gasteiger partial charge in [0, 0.05) is 31.7 Å². The van der Waals surface area contributed by atoms with Crippen LogP contribution in [0.1, 0.15) is 42.2 Å². The summed E-state index contributed by atoms with van der Waals surface area (Å²) in [5.41, 5.74) is 2.96. The monoisotopic (exact) mass is 407 g/mol. The van der Waals surface area contributed by atoms with Crippen LogP contribution in [0.2, 0.25) is 0 Å². The van der Waals surface area contributed by atoms with Crippen LogP contribution in [0.4, 0.5) is 0 Å². The third-order valence-corrected chi connectivity index (χ3v) is 5.64. The van der Waals surface area contributed by atoms with Gasteiger partial charge in [-0.05, 0) is 36.2 Å². The van der Waals surface area contributed by atoms with Gasteiger partial charge in [-0.15, -0.1) is 0 Å². The fourth-order valence-electron chi connectivity index (χ4n) is 3.79. The van der Waals surface area contributed by atoms with Crippen molar-refractivity contribution >= 4 is 17.7 Å². The third-order valence-electron chi connectivity index (χ3n) is 5.64. The standard InChI is InChI=1S/C23H25N3O4/c1-16-4-2-3-5-18(16)15-26-22(28)19-7-6-17(14-20(19)23(26)29)21(27)24-8-9-25-10-12-30-13-11-25/h2-7,14H,8-13,15H2,1H3,(H,24,27). The van der Waals surface area contributed by atoms with E-state index < -0.39 is 0 Å². The Balaban J connectivity index is 1.42. The van der Waals surface area contributed by atoms with Gasteiger partial charge in [0.15, 0.2) is 0 Å². The maximum atomic E-state index is 12.9. The van der Waals surface area contributed by atoms with E-state index in [9.17, 15) is 14.4 Å². The first-order valence-corrected chi connectivity index (χ1v) is 10.2. The molecule has 0 bridgehead atoms. The van der Waals surface area contributed by atoms with E-state index in [1.807, 2.05) is 31.2 Å². The molecule has 2 aromatic carbocycles. The summed E-state index contributed by atoms with van der Waals surface area (Å²) in [6, 6.07) is 12.4. The summed E-state index contributed by atoms with van der Waals surface area (Å²) in [5.74, 6) is -0.928. The first kappa shape index (κ1) is 20.3. The Morgan fingerprint density at radius 2 is 1.77 bits per heavy atom. The second-order valence-corrected chi connectivity index (χ2v) is 7.59. The zero-order valence-corrected chi connectivity index (χ0v) is 17.0. The lowest BCUT2D eigenvalue weighted by Gasteiger charge is -2.26. The minimum atomic E-state index is -0.360. The van der Waals surface area contributed by atoms with Crippen LogP contribution in [0.25, 0.3) is 0 Å². The molecule has 0 aromatic heterocycles. The lowest BCUT2D eigenvalue weighted by molar-refractivity contribution is 0.0383. The number of hydrogen-bond donors (Lipinski definition) is 1. The van der Waals surface area contributed by atoms with Gasteiger partial charge in [-0.25, -0.2) is 0 Å². The Bertz CT molecular complexity index is 982. The molecule has 30 heavy (non-hydrogen) atoms. The number of morpholine rings is 1. The number of amides is 3. The van der Waals surface area contributed by atoms with Crippen molar-refractivity contribution in [2.75, 3.05) is 39.4 Å². The van der Waals surface area contributed by atoms with Crippen LogP contribution in [-0.2, 0) is 11.3 Å². The van der Waals surface area contributed by atoms with E-state index >= 15 is 0 Å². The number of rotatable bonds is 6. The molecule has 1 fully saturated rings. The predicted octanol–water partition coefficient (Wildman–Crippen LogP) is 1.85. The molecule has 7 heteroatoms. The van der Waals surface area contributed by atoms with Crippen LogP contribution in [0.3, 0.4) is 0 Å². The van der Waals surface area contributed by atoms with Gasteiger partial charge < -0.3 is 10.1 Å². The van der Waals surface area contributed by atoms with Gasteiger partial charge in [0.05, 0.1) is 30.9 Å². The van der Waals surface area contributed by atoms with Crippen molar-refractivity contribution in [3.63, 3.8) is 0 Å². The summed E-state index contributed by atoms with van der Waals surface area (Å²) in [6.07, 6.45) is 0. The highest BCUT2D eigenvalue weighted by Gasteiger charge is 2.36. The van der Waals surface area contributed by atoms with E-state index in [0.717, 1.165) is 30.8 Å². The van der Waals surface area contributed by atoms with E-state index in [1.54, 1.807) is 12.1 Å². The van der Waals surface area contributed by atoms with E-state index in [0.29, 0.717) is 30.9 Å². The molecule has 7 nitrogen and oxygen atoms in total. The molecule has 0 saturated carbocycles. The largest absolute Gasteiger partial charge is 0.379 e. The van der Waals surface area contributed by atoms with E-state index in [1.165, 1.54) is 11.0 Å². The number of carbonyl (C=O) groups excluding carboxylic acids is 3. The zero-order chi connectivity index (χ0) is 21.1. The van der Waals surface area contributed by atoms with Crippen molar-refractivity contribution < 1.29 is 19.1 Å². The molecule has 0 atom stereocenters. The molecule has 2 aromatic rings. The third kappa shape index (κ3) is 4.13. The summed E-state index contributed by atoms with van der Waals surface area (Å²) in [7, 11) is 0. The van der Waals surface area contributed by atoms with Crippen LogP contribution in [0.15, 0.2) is 42.5 Å². The molecule has 2 aliphatic heterocycles. The van der Waals surface area contributed by atoms with Gasteiger partial charge in [-0.2, -0.15) is 0 Å². The predicted molar refractivity (Wildman–Crippen MR) is 111 cm³/mol. The quantitative estimate of drug-likeness (QED) is 0.740. The molecule has 0 spiro atoms. The molecule has 1 N–H and O–H groups in total. The lowest BCUT2D eigenvalue weighted by atomic mass is 10.1. The molecule has 0 unspecified atom stereocenters. The van der Waals surface area contributed by atoms with Crippen LogP contribution >= 0.6 is 0 Å². The fraction of sp³-hybridized carbons (Fsp3) is 0.348. The normalized spacial score (nSPS) is 16.6. The van der Waals surface area contributed by atoms with Gasteiger partial charge >= 0.3 is 0 Å².